The van der Waals surface area contributed by atoms with Crippen LogP contribution in [0.3, 0.4) is 0 Å². The van der Waals surface area contributed by atoms with Gasteiger partial charge in [0.1, 0.15) is 11.9 Å². The van der Waals surface area contributed by atoms with E-state index in [4.69, 9.17) is 11.6 Å². The SMILES string of the molecule is CNC(NCCCCc1ncccc1Cl)=C(C#N)S(=O)(=O)c1ccccc1. The number of halogens is 1. The molecule has 0 aliphatic rings. The maximum absolute atomic E-state index is 12.7. The van der Waals surface area contributed by atoms with Crippen LogP contribution in [-0.4, -0.2) is 27.0 Å². The Morgan fingerprint density at radius 2 is 1.93 bits per heavy atom. The van der Waals surface area contributed by atoms with E-state index >= 15 is 0 Å². The number of nitriles is 1. The molecule has 0 unspecified atom stereocenters. The van der Waals surface area contributed by atoms with Gasteiger partial charge in [-0.05, 0) is 43.5 Å². The van der Waals surface area contributed by atoms with E-state index in [2.05, 4.69) is 15.6 Å². The van der Waals surface area contributed by atoms with Crippen LogP contribution in [-0.2, 0) is 16.3 Å². The maximum atomic E-state index is 12.7. The van der Waals surface area contributed by atoms with Crippen molar-refractivity contribution in [3.05, 3.63) is 70.1 Å². The number of hydrogen-bond acceptors (Lipinski definition) is 6. The zero-order valence-corrected chi connectivity index (χ0v) is 16.5. The molecule has 0 atom stereocenters. The van der Waals surface area contributed by atoms with E-state index in [1.54, 1.807) is 49.6 Å². The minimum absolute atomic E-state index is 0.0842. The molecular weight excluding hydrogens is 384 g/mol. The fraction of sp³-hybridized carbons (Fsp3) is 0.263. The number of benzene rings is 1. The number of pyridine rings is 1. The second kappa shape index (κ2) is 9.95. The van der Waals surface area contributed by atoms with Crippen LogP contribution in [0.25, 0.3) is 0 Å². The molecule has 2 N–H and O–H groups in total. The number of rotatable bonds is 9. The van der Waals surface area contributed by atoms with Crippen LogP contribution >= 0.6 is 11.6 Å². The summed E-state index contributed by atoms with van der Waals surface area (Å²) in [7, 11) is -2.31. The third-order valence-electron chi connectivity index (χ3n) is 3.88. The summed E-state index contributed by atoms with van der Waals surface area (Å²) in [5.74, 6) is 0.192. The number of aryl methyl sites for hydroxylation is 1. The highest BCUT2D eigenvalue weighted by Crippen LogP contribution is 2.20. The molecule has 0 amide bonds. The van der Waals surface area contributed by atoms with Crippen molar-refractivity contribution in [3.63, 3.8) is 0 Å². The molecule has 1 heterocycles. The van der Waals surface area contributed by atoms with Crippen molar-refractivity contribution >= 4 is 21.4 Å². The molecular formula is C19H21ClN4O2S. The highest BCUT2D eigenvalue weighted by Gasteiger charge is 2.24. The molecule has 0 saturated carbocycles. The molecule has 2 aromatic rings. The van der Waals surface area contributed by atoms with Gasteiger partial charge >= 0.3 is 0 Å². The summed E-state index contributed by atoms with van der Waals surface area (Å²) in [5, 5.41) is 15.8. The van der Waals surface area contributed by atoms with Crippen LogP contribution in [0.1, 0.15) is 18.5 Å². The Morgan fingerprint density at radius 1 is 1.19 bits per heavy atom. The Morgan fingerprint density at radius 3 is 2.56 bits per heavy atom. The van der Waals surface area contributed by atoms with Crippen molar-refractivity contribution in [1.82, 2.24) is 15.6 Å². The lowest BCUT2D eigenvalue weighted by molar-refractivity contribution is 0.600. The standard InChI is InChI=1S/C19H21ClN4O2S/c1-22-19(18(14-21)27(25,26)15-8-3-2-4-9-15)24-12-6-5-11-17-16(20)10-7-13-23-17/h2-4,7-10,13,22,24H,5-6,11-12H2,1H3. The Labute approximate surface area is 164 Å². The van der Waals surface area contributed by atoms with Crippen molar-refractivity contribution in [2.24, 2.45) is 0 Å². The van der Waals surface area contributed by atoms with Crippen molar-refractivity contribution in [2.75, 3.05) is 13.6 Å². The second-order valence-corrected chi connectivity index (χ2v) is 7.99. The third-order valence-corrected chi connectivity index (χ3v) is 5.95. The van der Waals surface area contributed by atoms with Gasteiger partial charge in [-0.15, -0.1) is 0 Å². The molecule has 0 bridgehead atoms. The first kappa shape index (κ1) is 20.7. The fourth-order valence-corrected chi connectivity index (χ4v) is 4.01. The quantitative estimate of drug-likeness (QED) is 0.492. The molecule has 142 valence electrons. The van der Waals surface area contributed by atoms with Crippen LogP contribution in [0.15, 0.2) is 64.3 Å². The van der Waals surface area contributed by atoms with E-state index in [1.807, 2.05) is 0 Å². The molecule has 27 heavy (non-hydrogen) atoms. The highest BCUT2D eigenvalue weighted by molar-refractivity contribution is 7.95. The molecule has 8 heteroatoms. The molecule has 0 aliphatic carbocycles. The number of aromatic nitrogens is 1. The summed E-state index contributed by atoms with van der Waals surface area (Å²) in [6.45, 7) is 0.510. The summed E-state index contributed by atoms with van der Waals surface area (Å²) in [6.07, 6.45) is 4.03. The third kappa shape index (κ3) is 5.46. The molecule has 0 fully saturated rings. The predicted molar refractivity (Wildman–Crippen MR) is 106 cm³/mol. The number of nitrogens with zero attached hydrogens (tertiary/aromatic N) is 2. The zero-order chi connectivity index (χ0) is 19.7. The molecule has 0 radical (unpaired) electrons. The lowest BCUT2D eigenvalue weighted by Gasteiger charge is -2.13. The fourth-order valence-electron chi connectivity index (χ4n) is 2.48. The van der Waals surface area contributed by atoms with E-state index in [0.29, 0.717) is 11.6 Å². The average Bonchev–Trinajstić information content (AvgIpc) is 2.68. The average molecular weight is 405 g/mol. The molecule has 0 spiro atoms. The van der Waals surface area contributed by atoms with E-state index in [0.717, 1.165) is 25.0 Å². The summed E-state index contributed by atoms with van der Waals surface area (Å²) < 4.78 is 25.4. The summed E-state index contributed by atoms with van der Waals surface area (Å²) in [4.78, 5) is 3.99. The lowest BCUT2D eigenvalue weighted by Crippen LogP contribution is -2.28. The summed E-state index contributed by atoms with van der Waals surface area (Å²) in [5.41, 5.74) is 0.841. The number of hydrogen-bond donors (Lipinski definition) is 2. The normalized spacial score (nSPS) is 12.0. The van der Waals surface area contributed by atoms with E-state index in [9.17, 15) is 13.7 Å². The van der Waals surface area contributed by atoms with E-state index in [-0.39, 0.29) is 15.6 Å². The Hall–Kier alpha value is -2.56. The van der Waals surface area contributed by atoms with Crippen LogP contribution in [0.2, 0.25) is 5.02 Å². The minimum Gasteiger partial charge on any atom is -0.373 e. The zero-order valence-electron chi connectivity index (χ0n) is 14.9. The predicted octanol–water partition coefficient (Wildman–Crippen LogP) is 3.03. The number of nitrogens with one attached hydrogen (secondary N) is 2. The molecule has 0 saturated heterocycles. The van der Waals surface area contributed by atoms with Crippen molar-refractivity contribution in [2.45, 2.75) is 24.2 Å². The number of unbranched alkanes of at least 4 members (excludes halogenated alkanes) is 1. The van der Waals surface area contributed by atoms with Gasteiger partial charge in [-0.25, -0.2) is 8.42 Å². The topological polar surface area (TPSA) is 94.9 Å². The van der Waals surface area contributed by atoms with Crippen molar-refractivity contribution in [1.29, 1.82) is 5.26 Å². The Balaban J connectivity index is 2.01. The molecule has 1 aromatic carbocycles. The highest BCUT2D eigenvalue weighted by atomic mass is 35.5. The minimum atomic E-state index is -3.89. The van der Waals surface area contributed by atoms with Gasteiger partial charge in [0.05, 0.1) is 15.6 Å². The van der Waals surface area contributed by atoms with Gasteiger partial charge in [-0.2, -0.15) is 5.26 Å². The monoisotopic (exact) mass is 404 g/mol. The molecule has 1 aromatic heterocycles. The van der Waals surface area contributed by atoms with Gasteiger partial charge in [0.2, 0.25) is 9.84 Å². The molecule has 6 nitrogen and oxygen atoms in total. The first-order valence-corrected chi connectivity index (χ1v) is 10.3. The lowest BCUT2D eigenvalue weighted by atomic mass is 10.2. The maximum Gasteiger partial charge on any atom is 0.220 e. The van der Waals surface area contributed by atoms with Crippen molar-refractivity contribution in [3.8, 4) is 6.07 Å². The van der Waals surface area contributed by atoms with E-state index < -0.39 is 9.84 Å². The first-order valence-electron chi connectivity index (χ1n) is 8.46. The van der Waals surface area contributed by atoms with Gasteiger partial charge < -0.3 is 10.6 Å². The van der Waals surface area contributed by atoms with Crippen LogP contribution in [0.4, 0.5) is 0 Å². The number of sulfone groups is 1. The van der Waals surface area contributed by atoms with Gasteiger partial charge in [0, 0.05) is 19.8 Å². The van der Waals surface area contributed by atoms with E-state index in [1.165, 1.54) is 12.1 Å². The largest absolute Gasteiger partial charge is 0.373 e. The Bertz CT molecular complexity index is 938. The Kier molecular flexibility index (Phi) is 7.65. The van der Waals surface area contributed by atoms with Crippen LogP contribution < -0.4 is 10.6 Å². The molecule has 0 aliphatic heterocycles. The van der Waals surface area contributed by atoms with Gasteiger partial charge in [0.25, 0.3) is 0 Å². The van der Waals surface area contributed by atoms with Gasteiger partial charge in [0.15, 0.2) is 4.91 Å². The second-order valence-electron chi connectivity index (χ2n) is 5.70. The van der Waals surface area contributed by atoms with Crippen LogP contribution in [0, 0.1) is 11.3 Å². The van der Waals surface area contributed by atoms with Crippen molar-refractivity contribution < 1.29 is 8.42 Å². The van der Waals surface area contributed by atoms with Crippen LogP contribution in [0.5, 0.6) is 0 Å². The number of allylic oxidation sites excluding steroid dienone is 1. The van der Waals surface area contributed by atoms with Gasteiger partial charge in [-0.1, -0.05) is 29.8 Å². The smallest absolute Gasteiger partial charge is 0.220 e. The summed E-state index contributed by atoms with van der Waals surface area (Å²) >= 11 is 6.08. The van der Waals surface area contributed by atoms with Gasteiger partial charge in [-0.3, -0.25) is 4.98 Å². The summed E-state index contributed by atoms with van der Waals surface area (Å²) in [6, 6.07) is 13.3. The molecule has 2 rings (SSSR count). The first-order chi connectivity index (χ1) is 13.0.